The van der Waals surface area contributed by atoms with Crippen molar-refractivity contribution in [2.75, 3.05) is 0 Å². The Kier molecular flexibility index (Phi) is 7.54. The van der Waals surface area contributed by atoms with E-state index in [0.717, 1.165) is 49.7 Å². The summed E-state index contributed by atoms with van der Waals surface area (Å²) in [4.78, 5) is 15.6. The van der Waals surface area contributed by atoms with Crippen LogP contribution in [0.1, 0.15) is 0 Å². The predicted molar refractivity (Wildman–Crippen MR) is 257 cm³/mol. The number of hydrogen-bond donors (Lipinski definition) is 0. The van der Waals surface area contributed by atoms with Crippen molar-refractivity contribution in [3.8, 4) is 45.5 Å². The van der Waals surface area contributed by atoms with Crippen molar-refractivity contribution in [3.63, 3.8) is 0 Å². The SMILES string of the molecule is c1ccc(-c2nc(-c3ccc4ccccc4c3)nc(-c3ccc(-n4c5ccccc5c5c6ccccc6c6c7ccccc7n(-c7ccccc7)c6c54)c4ccccc34)n2)cc1. The molecule has 0 bridgehead atoms. The van der Waals surface area contributed by atoms with E-state index in [4.69, 9.17) is 15.0 Å². The van der Waals surface area contributed by atoms with Crippen LogP contribution in [0.4, 0.5) is 0 Å². The molecule has 0 N–H and O–H groups in total. The molecule has 0 aliphatic heterocycles. The number of aromatic nitrogens is 5. The first-order chi connectivity index (χ1) is 30.8. The summed E-state index contributed by atoms with van der Waals surface area (Å²) in [5.74, 6) is 1.90. The van der Waals surface area contributed by atoms with Crippen LogP contribution in [0.2, 0.25) is 0 Å². The van der Waals surface area contributed by atoms with Gasteiger partial charge < -0.3 is 9.13 Å². The van der Waals surface area contributed by atoms with Gasteiger partial charge in [-0.1, -0.05) is 170 Å². The Balaban J connectivity index is 1.14. The molecule has 62 heavy (non-hydrogen) atoms. The zero-order valence-corrected chi connectivity index (χ0v) is 33.4. The highest BCUT2D eigenvalue weighted by Gasteiger charge is 2.26. The molecular formula is C57H35N5. The Morgan fingerprint density at radius 1 is 0.306 bits per heavy atom. The highest BCUT2D eigenvalue weighted by atomic mass is 15.1. The molecule has 0 saturated heterocycles. The summed E-state index contributed by atoms with van der Waals surface area (Å²) in [6.45, 7) is 0. The van der Waals surface area contributed by atoms with E-state index in [1.807, 2.05) is 18.2 Å². The summed E-state index contributed by atoms with van der Waals surface area (Å²) in [6.07, 6.45) is 0. The molecule has 0 radical (unpaired) electrons. The van der Waals surface area contributed by atoms with E-state index in [2.05, 4.69) is 203 Å². The van der Waals surface area contributed by atoms with Crippen LogP contribution < -0.4 is 0 Å². The van der Waals surface area contributed by atoms with Crippen molar-refractivity contribution >= 4 is 75.9 Å². The second kappa shape index (κ2) is 13.6. The first kappa shape index (κ1) is 34.5. The molecule has 0 aliphatic carbocycles. The minimum atomic E-state index is 0.629. The third-order valence-electron chi connectivity index (χ3n) is 12.5. The van der Waals surface area contributed by atoms with Gasteiger partial charge in [0.15, 0.2) is 17.5 Å². The molecule has 0 spiro atoms. The number of rotatable bonds is 5. The quantitative estimate of drug-likeness (QED) is 0.174. The minimum Gasteiger partial charge on any atom is -0.307 e. The Bertz CT molecular complexity index is 3920. The molecule has 5 heteroatoms. The van der Waals surface area contributed by atoms with Crippen LogP contribution in [0.25, 0.3) is 121 Å². The zero-order valence-electron chi connectivity index (χ0n) is 33.4. The third kappa shape index (κ3) is 5.12. The first-order valence-electron chi connectivity index (χ1n) is 21.0. The molecule has 0 atom stereocenters. The molecule has 288 valence electrons. The Morgan fingerprint density at radius 2 is 0.806 bits per heavy atom. The maximum atomic E-state index is 5.26. The maximum Gasteiger partial charge on any atom is 0.164 e. The average molecular weight is 790 g/mol. The minimum absolute atomic E-state index is 0.629. The molecule has 3 heterocycles. The number of hydrogen-bond acceptors (Lipinski definition) is 3. The molecule has 5 nitrogen and oxygen atoms in total. The van der Waals surface area contributed by atoms with E-state index >= 15 is 0 Å². The lowest BCUT2D eigenvalue weighted by Crippen LogP contribution is -2.02. The van der Waals surface area contributed by atoms with Gasteiger partial charge in [-0.25, -0.2) is 15.0 Å². The van der Waals surface area contributed by atoms with Gasteiger partial charge in [-0.15, -0.1) is 0 Å². The summed E-state index contributed by atoms with van der Waals surface area (Å²) in [6, 6.07) is 75.6. The largest absolute Gasteiger partial charge is 0.307 e. The summed E-state index contributed by atoms with van der Waals surface area (Å²) >= 11 is 0. The van der Waals surface area contributed by atoms with E-state index in [0.29, 0.717) is 17.5 Å². The predicted octanol–water partition coefficient (Wildman–Crippen LogP) is 14.5. The fourth-order valence-corrected chi connectivity index (χ4v) is 9.83. The van der Waals surface area contributed by atoms with E-state index in [1.54, 1.807) is 0 Å². The fourth-order valence-electron chi connectivity index (χ4n) is 9.83. The highest BCUT2D eigenvalue weighted by molar-refractivity contribution is 6.36. The van der Waals surface area contributed by atoms with Gasteiger partial charge in [0.2, 0.25) is 0 Å². The van der Waals surface area contributed by atoms with Crippen molar-refractivity contribution in [1.82, 2.24) is 24.1 Å². The molecule has 13 rings (SSSR count). The van der Waals surface area contributed by atoms with Crippen molar-refractivity contribution in [2.45, 2.75) is 0 Å². The van der Waals surface area contributed by atoms with Gasteiger partial charge >= 0.3 is 0 Å². The van der Waals surface area contributed by atoms with Gasteiger partial charge in [0, 0.05) is 49.3 Å². The van der Waals surface area contributed by atoms with Crippen molar-refractivity contribution < 1.29 is 0 Å². The molecule has 0 amide bonds. The molecule has 0 fully saturated rings. The van der Waals surface area contributed by atoms with Crippen LogP contribution in [-0.2, 0) is 0 Å². The standard InChI is InChI=1S/C57H35N5/c1-3-18-37(19-4-1)55-58-56(39-32-31-36-17-7-8-20-38(36)35-39)60-57(59-55)45-33-34-50(42-24-10-9-23-41(42)45)62-49-30-16-14-28-47(49)52-44-26-12-11-25-43(44)51-46-27-13-15-29-48(46)61(53(51)54(52)62)40-21-5-2-6-22-40/h1-35H. The fraction of sp³-hybridized carbons (Fsp3) is 0. The monoisotopic (exact) mass is 789 g/mol. The summed E-state index contributed by atoms with van der Waals surface area (Å²) < 4.78 is 4.98. The van der Waals surface area contributed by atoms with E-state index in [1.165, 1.54) is 54.3 Å². The van der Waals surface area contributed by atoms with Crippen LogP contribution in [0.3, 0.4) is 0 Å². The number of benzene rings is 10. The second-order valence-electron chi connectivity index (χ2n) is 15.9. The summed E-state index contributed by atoms with van der Waals surface area (Å²) in [7, 11) is 0. The van der Waals surface area contributed by atoms with Gasteiger partial charge in [-0.05, 0) is 69.4 Å². The van der Waals surface area contributed by atoms with Crippen molar-refractivity contribution in [1.29, 1.82) is 0 Å². The van der Waals surface area contributed by atoms with E-state index < -0.39 is 0 Å². The van der Waals surface area contributed by atoms with Crippen molar-refractivity contribution in [2.24, 2.45) is 0 Å². The van der Waals surface area contributed by atoms with Gasteiger partial charge in [-0.3, -0.25) is 0 Å². The zero-order chi connectivity index (χ0) is 40.7. The topological polar surface area (TPSA) is 48.5 Å². The number of nitrogens with zero attached hydrogens (tertiary/aromatic N) is 5. The van der Waals surface area contributed by atoms with Crippen LogP contribution in [-0.4, -0.2) is 24.1 Å². The van der Waals surface area contributed by atoms with Gasteiger partial charge in [0.1, 0.15) is 0 Å². The lowest BCUT2D eigenvalue weighted by Gasteiger charge is -2.17. The maximum absolute atomic E-state index is 5.26. The molecule has 3 aromatic heterocycles. The van der Waals surface area contributed by atoms with Gasteiger partial charge in [0.05, 0.1) is 27.8 Å². The highest BCUT2D eigenvalue weighted by Crippen LogP contribution is 2.47. The van der Waals surface area contributed by atoms with Gasteiger partial charge in [-0.2, -0.15) is 0 Å². The normalized spacial score (nSPS) is 11.9. The van der Waals surface area contributed by atoms with Crippen LogP contribution in [0, 0.1) is 0 Å². The Morgan fingerprint density at radius 3 is 1.50 bits per heavy atom. The van der Waals surface area contributed by atoms with Crippen LogP contribution in [0.15, 0.2) is 212 Å². The van der Waals surface area contributed by atoms with E-state index in [9.17, 15) is 0 Å². The van der Waals surface area contributed by atoms with Crippen LogP contribution >= 0.6 is 0 Å². The Labute approximate surface area is 356 Å². The average Bonchev–Trinajstić information content (AvgIpc) is 3.88. The number of fused-ring (bicyclic) bond motifs is 12. The second-order valence-corrected chi connectivity index (χ2v) is 15.9. The molecule has 0 aliphatic rings. The summed E-state index contributed by atoms with van der Waals surface area (Å²) in [5.41, 5.74) is 9.71. The summed E-state index contributed by atoms with van der Waals surface area (Å²) in [5, 5.41) is 11.9. The molecule has 0 saturated carbocycles. The lowest BCUT2D eigenvalue weighted by atomic mass is 9.98. The smallest absolute Gasteiger partial charge is 0.164 e. The molecule has 0 unspecified atom stereocenters. The number of para-hydroxylation sites is 3. The lowest BCUT2D eigenvalue weighted by molar-refractivity contribution is 1.08. The third-order valence-corrected chi connectivity index (χ3v) is 12.5. The van der Waals surface area contributed by atoms with Crippen LogP contribution in [0.5, 0.6) is 0 Å². The van der Waals surface area contributed by atoms with Gasteiger partial charge in [0.25, 0.3) is 0 Å². The van der Waals surface area contributed by atoms with E-state index in [-0.39, 0.29) is 0 Å². The van der Waals surface area contributed by atoms with Crippen molar-refractivity contribution in [3.05, 3.63) is 212 Å². The molecular weight excluding hydrogens is 755 g/mol. The molecule has 10 aromatic carbocycles. The Hall–Kier alpha value is -8.41. The molecule has 13 aromatic rings. The first-order valence-corrected chi connectivity index (χ1v) is 21.0.